The van der Waals surface area contributed by atoms with Crippen LogP contribution in [0, 0.1) is 0 Å². The average molecular weight is 346 g/mol. The summed E-state index contributed by atoms with van der Waals surface area (Å²) in [6.07, 6.45) is 2.60. The third kappa shape index (κ3) is 4.33. The Balaban J connectivity index is 1.59. The van der Waals surface area contributed by atoms with E-state index in [4.69, 9.17) is 5.11 Å². The molecule has 0 bridgehead atoms. The van der Waals surface area contributed by atoms with Crippen molar-refractivity contribution in [3.63, 3.8) is 0 Å². The highest BCUT2D eigenvalue weighted by Gasteiger charge is 2.11. The van der Waals surface area contributed by atoms with Gasteiger partial charge in [0.2, 0.25) is 5.91 Å². The van der Waals surface area contributed by atoms with Crippen LogP contribution in [0.4, 0.5) is 5.69 Å². The standard InChI is InChI=1S/C21H18N2O3/c24-20(23-19-7-2-1-5-17(19)21(25)26)13-10-15-8-11-16(12-9-15)18-6-3-4-14-22-18/h1-9,11-12,14H,10,13H2,(H,23,24)(H,25,26). The van der Waals surface area contributed by atoms with Gasteiger partial charge in [-0.25, -0.2) is 4.79 Å². The summed E-state index contributed by atoms with van der Waals surface area (Å²) in [7, 11) is 0. The number of hydrogen-bond acceptors (Lipinski definition) is 3. The Kier molecular flexibility index (Phi) is 5.39. The van der Waals surface area contributed by atoms with E-state index in [1.54, 1.807) is 24.4 Å². The maximum Gasteiger partial charge on any atom is 0.337 e. The molecule has 0 saturated heterocycles. The van der Waals surface area contributed by atoms with E-state index >= 15 is 0 Å². The number of hydrogen-bond donors (Lipinski definition) is 2. The molecule has 2 N–H and O–H groups in total. The molecule has 0 aliphatic rings. The number of nitrogens with one attached hydrogen (secondary N) is 1. The van der Waals surface area contributed by atoms with Crippen molar-refractivity contribution in [2.45, 2.75) is 12.8 Å². The maximum absolute atomic E-state index is 12.1. The second-order valence-corrected chi connectivity index (χ2v) is 5.81. The molecule has 0 fully saturated rings. The predicted molar refractivity (Wildman–Crippen MR) is 100 cm³/mol. The van der Waals surface area contributed by atoms with Crippen molar-refractivity contribution in [3.8, 4) is 11.3 Å². The van der Waals surface area contributed by atoms with Crippen LogP contribution in [0.3, 0.4) is 0 Å². The molecular formula is C21H18N2O3. The van der Waals surface area contributed by atoms with Gasteiger partial charge in [-0.15, -0.1) is 0 Å². The Morgan fingerprint density at radius 2 is 1.65 bits per heavy atom. The third-order valence-corrected chi connectivity index (χ3v) is 3.99. The zero-order valence-corrected chi connectivity index (χ0v) is 14.1. The molecule has 5 nitrogen and oxygen atoms in total. The topological polar surface area (TPSA) is 79.3 Å². The Hall–Kier alpha value is -3.47. The van der Waals surface area contributed by atoms with Crippen LogP contribution in [-0.4, -0.2) is 22.0 Å². The number of carboxylic acids is 1. The quantitative estimate of drug-likeness (QED) is 0.706. The molecule has 0 unspecified atom stereocenters. The lowest BCUT2D eigenvalue weighted by Crippen LogP contribution is -2.15. The lowest BCUT2D eigenvalue weighted by molar-refractivity contribution is -0.116. The maximum atomic E-state index is 12.1. The summed E-state index contributed by atoms with van der Waals surface area (Å²) in [5, 5.41) is 11.8. The summed E-state index contributed by atoms with van der Waals surface area (Å²) in [6.45, 7) is 0. The van der Waals surface area contributed by atoms with Gasteiger partial charge in [-0.2, -0.15) is 0 Å². The largest absolute Gasteiger partial charge is 0.478 e. The number of rotatable bonds is 6. The smallest absolute Gasteiger partial charge is 0.337 e. The van der Waals surface area contributed by atoms with Crippen LogP contribution in [0.2, 0.25) is 0 Å². The van der Waals surface area contributed by atoms with Crippen LogP contribution in [0.5, 0.6) is 0 Å². The Bertz CT molecular complexity index is 906. The van der Waals surface area contributed by atoms with E-state index in [2.05, 4.69) is 10.3 Å². The first-order chi connectivity index (χ1) is 12.6. The molecule has 130 valence electrons. The van der Waals surface area contributed by atoms with Crippen LogP contribution >= 0.6 is 0 Å². The minimum atomic E-state index is -1.06. The van der Waals surface area contributed by atoms with E-state index in [1.807, 2.05) is 42.5 Å². The van der Waals surface area contributed by atoms with Crippen molar-refractivity contribution >= 4 is 17.6 Å². The molecule has 5 heteroatoms. The van der Waals surface area contributed by atoms with Crippen LogP contribution in [0.25, 0.3) is 11.3 Å². The fourth-order valence-corrected chi connectivity index (χ4v) is 2.62. The van der Waals surface area contributed by atoms with E-state index < -0.39 is 5.97 Å². The first-order valence-electron chi connectivity index (χ1n) is 8.26. The Labute approximate surface area is 151 Å². The van der Waals surface area contributed by atoms with Crippen molar-refractivity contribution in [2.24, 2.45) is 0 Å². The average Bonchev–Trinajstić information content (AvgIpc) is 2.68. The number of anilines is 1. The number of aryl methyl sites for hydroxylation is 1. The number of pyridine rings is 1. The van der Waals surface area contributed by atoms with Crippen molar-refractivity contribution in [1.29, 1.82) is 0 Å². The second-order valence-electron chi connectivity index (χ2n) is 5.81. The summed E-state index contributed by atoms with van der Waals surface area (Å²) < 4.78 is 0. The van der Waals surface area contributed by atoms with Gasteiger partial charge in [0.05, 0.1) is 16.9 Å². The van der Waals surface area contributed by atoms with Crippen LogP contribution in [-0.2, 0) is 11.2 Å². The summed E-state index contributed by atoms with van der Waals surface area (Å²) >= 11 is 0. The van der Waals surface area contributed by atoms with E-state index in [0.717, 1.165) is 16.8 Å². The molecule has 0 atom stereocenters. The first kappa shape index (κ1) is 17.4. The van der Waals surface area contributed by atoms with E-state index in [1.165, 1.54) is 6.07 Å². The summed E-state index contributed by atoms with van der Waals surface area (Å²) in [6, 6.07) is 20.0. The van der Waals surface area contributed by atoms with Gasteiger partial charge in [0, 0.05) is 18.2 Å². The van der Waals surface area contributed by atoms with Crippen molar-refractivity contribution in [3.05, 3.63) is 84.1 Å². The molecule has 1 amide bonds. The van der Waals surface area contributed by atoms with Gasteiger partial charge < -0.3 is 10.4 Å². The SMILES string of the molecule is O=C(CCc1ccc(-c2ccccn2)cc1)Nc1ccccc1C(=O)O. The van der Waals surface area contributed by atoms with E-state index in [9.17, 15) is 9.59 Å². The molecule has 0 radical (unpaired) electrons. The van der Waals surface area contributed by atoms with Crippen molar-refractivity contribution < 1.29 is 14.7 Å². The highest BCUT2D eigenvalue weighted by atomic mass is 16.4. The van der Waals surface area contributed by atoms with Gasteiger partial charge in [-0.05, 0) is 36.2 Å². The van der Waals surface area contributed by atoms with Crippen LogP contribution in [0.15, 0.2) is 72.9 Å². The first-order valence-corrected chi connectivity index (χ1v) is 8.26. The fraction of sp³-hybridized carbons (Fsp3) is 0.0952. The molecule has 2 aromatic carbocycles. The molecule has 1 heterocycles. The van der Waals surface area contributed by atoms with Gasteiger partial charge in [0.1, 0.15) is 0 Å². The second kappa shape index (κ2) is 8.07. The summed E-state index contributed by atoms with van der Waals surface area (Å²) in [5.74, 6) is -1.28. The molecule has 0 saturated carbocycles. The minimum Gasteiger partial charge on any atom is -0.478 e. The molecule has 1 aromatic heterocycles. The van der Waals surface area contributed by atoms with Gasteiger partial charge in [0.25, 0.3) is 0 Å². The van der Waals surface area contributed by atoms with Crippen molar-refractivity contribution in [1.82, 2.24) is 4.98 Å². The highest BCUT2D eigenvalue weighted by molar-refractivity contribution is 6.00. The Morgan fingerprint density at radius 3 is 2.35 bits per heavy atom. The number of para-hydroxylation sites is 1. The number of carboxylic acid groups (broad SMARTS) is 1. The van der Waals surface area contributed by atoms with Gasteiger partial charge in [0.15, 0.2) is 0 Å². The molecule has 0 aliphatic carbocycles. The van der Waals surface area contributed by atoms with Crippen molar-refractivity contribution in [2.75, 3.05) is 5.32 Å². The molecule has 0 spiro atoms. The fourth-order valence-electron chi connectivity index (χ4n) is 2.62. The number of carbonyl (C=O) groups is 2. The molecular weight excluding hydrogens is 328 g/mol. The number of aromatic nitrogens is 1. The third-order valence-electron chi connectivity index (χ3n) is 3.99. The van der Waals surface area contributed by atoms with Gasteiger partial charge in [-0.1, -0.05) is 42.5 Å². The normalized spacial score (nSPS) is 10.3. The number of carbonyl (C=O) groups excluding carboxylic acids is 1. The van der Waals surface area contributed by atoms with Crippen LogP contribution in [0.1, 0.15) is 22.3 Å². The predicted octanol–water partition coefficient (Wildman–Crippen LogP) is 4.02. The zero-order valence-electron chi connectivity index (χ0n) is 14.1. The molecule has 3 aromatic rings. The number of aromatic carboxylic acids is 1. The van der Waals surface area contributed by atoms with Gasteiger partial charge in [-0.3, -0.25) is 9.78 Å². The molecule has 3 rings (SSSR count). The van der Waals surface area contributed by atoms with E-state index in [0.29, 0.717) is 12.1 Å². The summed E-state index contributed by atoms with van der Waals surface area (Å²) in [5.41, 5.74) is 3.36. The molecule has 0 aliphatic heterocycles. The number of amides is 1. The molecule has 26 heavy (non-hydrogen) atoms. The van der Waals surface area contributed by atoms with E-state index in [-0.39, 0.29) is 17.9 Å². The number of nitrogens with zero attached hydrogens (tertiary/aromatic N) is 1. The van der Waals surface area contributed by atoms with Crippen LogP contribution < -0.4 is 5.32 Å². The Morgan fingerprint density at radius 1 is 0.923 bits per heavy atom. The zero-order chi connectivity index (χ0) is 18.4. The lowest BCUT2D eigenvalue weighted by atomic mass is 10.0. The lowest BCUT2D eigenvalue weighted by Gasteiger charge is -2.08. The van der Waals surface area contributed by atoms with Gasteiger partial charge >= 0.3 is 5.97 Å². The minimum absolute atomic E-state index is 0.0839. The number of benzene rings is 2. The monoisotopic (exact) mass is 346 g/mol. The highest BCUT2D eigenvalue weighted by Crippen LogP contribution is 2.18. The summed E-state index contributed by atoms with van der Waals surface area (Å²) in [4.78, 5) is 27.6.